The molecule has 1 atom stereocenters. The number of urea groups is 1. The number of para-hydroxylation sites is 1. The first kappa shape index (κ1) is 23.3. The predicted molar refractivity (Wildman–Crippen MR) is 107 cm³/mol. The summed E-state index contributed by atoms with van der Waals surface area (Å²) in [5.74, 6) is -1.08. The van der Waals surface area contributed by atoms with Crippen LogP contribution in [0.3, 0.4) is 0 Å². The number of unbranched alkanes of at least 4 members (excludes halogenated alkanes) is 1. The van der Waals surface area contributed by atoms with Gasteiger partial charge in [-0.2, -0.15) is 0 Å². The van der Waals surface area contributed by atoms with Crippen molar-refractivity contribution in [3.8, 4) is 0 Å². The van der Waals surface area contributed by atoms with Crippen LogP contribution in [0.5, 0.6) is 0 Å². The molecule has 3 amide bonds. The molecule has 0 radical (unpaired) electrons. The van der Waals surface area contributed by atoms with Gasteiger partial charge < -0.3 is 20.5 Å². The van der Waals surface area contributed by atoms with E-state index in [9.17, 15) is 19.5 Å². The molecule has 0 saturated heterocycles. The van der Waals surface area contributed by atoms with Gasteiger partial charge in [0, 0.05) is 19.3 Å². The van der Waals surface area contributed by atoms with Gasteiger partial charge in [-0.25, -0.2) is 14.4 Å². The van der Waals surface area contributed by atoms with Crippen molar-refractivity contribution in [2.45, 2.75) is 58.6 Å². The number of carboxylic acid groups (broad SMARTS) is 1. The van der Waals surface area contributed by atoms with E-state index in [-0.39, 0.29) is 12.5 Å². The van der Waals surface area contributed by atoms with Gasteiger partial charge in [-0.1, -0.05) is 18.2 Å². The lowest BCUT2D eigenvalue weighted by atomic mass is 10.1. The van der Waals surface area contributed by atoms with Crippen molar-refractivity contribution < 1.29 is 24.2 Å². The van der Waals surface area contributed by atoms with E-state index < -0.39 is 23.7 Å². The molecule has 0 aliphatic carbocycles. The zero-order chi connectivity index (χ0) is 21.3. The minimum Gasteiger partial charge on any atom is -0.480 e. The van der Waals surface area contributed by atoms with Gasteiger partial charge in [0.2, 0.25) is 0 Å². The maximum atomic E-state index is 12.1. The number of nitrogens with one attached hydrogen (secondary N) is 2. The lowest BCUT2D eigenvalue weighted by molar-refractivity contribution is -0.143. The number of ether oxygens (including phenoxy) is 1. The molecule has 0 unspecified atom stereocenters. The Morgan fingerprint density at radius 1 is 1.18 bits per heavy atom. The van der Waals surface area contributed by atoms with Crippen LogP contribution < -0.4 is 10.6 Å². The fraction of sp³-hybridized carbons (Fsp3) is 0.550. The van der Waals surface area contributed by atoms with E-state index in [1.54, 1.807) is 20.8 Å². The Balaban J connectivity index is 2.39. The fourth-order valence-corrected chi connectivity index (χ4v) is 2.49. The van der Waals surface area contributed by atoms with Gasteiger partial charge in [0.05, 0.1) is 0 Å². The Labute approximate surface area is 166 Å². The third kappa shape index (κ3) is 8.28. The third-order valence-electron chi connectivity index (χ3n) is 4.02. The number of hydrogen-bond acceptors (Lipinski definition) is 4. The van der Waals surface area contributed by atoms with Gasteiger partial charge in [0.15, 0.2) is 0 Å². The predicted octanol–water partition coefficient (Wildman–Crippen LogP) is 3.61. The van der Waals surface area contributed by atoms with E-state index in [2.05, 4.69) is 10.6 Å². The highest BCUT2D eigenvalue weighted by Crippen LogP contribution is 2.15. The Hall–Kier alpha value is -2.77. The number of amides is 3. The monoisotopic (exact) mass is 393 g/mol. The van der Waals surface area contributed by atoms with Gasteiger partial charge in [-0.15, -0.1) is 0 Å². The second kappa shape index (κ2) is 10.5. The molecule has 0 bridgehead atoms. The highest BCUT2D eigenvalue weighted by atomic mass is 16.6. The molecule has 0 fully saturated rings. The zero-order valence-electron chi connectivity index (χ0n) is 17.2. The van der Waals surface area contributed by atoms with Crippen molar-refractivity contribution in [1.82, 2.24) is 10.2 Å². The lowest BCUT2D eigenvalue weighted by Crippen LogP contribution is -2.44. The lowest BCUT2D eigenvalue weighted by Gasteiger charge is -2.28. The van der Waals surface area contributed by atoms with Crippen molar-refractivity contribution in [3.63, 3.8) is 0 Å². The molecular weight excluding hydrogens is 362 g/mol. The summed E-state index contributed by atoms with van der Waals surface area (Å²) in [6.45, 7) is 7.48. The number of hydrogen-bond donors (Lipinski definition) is 3. The van der Waals surface area contributed by atoms with Crippen molar-refractivity contribution >= 4 is 23.8 Å². The zero-order valence-corrected chi connectivity index (χ0v) is 17.2. The normalized spacial score (nSPS) is 12.0. The molecule has 0 heterocycles. The standard InChI is InChI=1S/C20H31N3O5/c1-14-10-6-7-11-15(14)22-18(26)21-13-9-8-12-16(17(24)25)23(5)19(27)28-20(2,3)4/h6-7,10-11,16H,8-9,12-13H2,1-5H3,(H,24,25)(H2,21,22,26)/t16-/m0/s1. The van der Waals surface area contributed by atoms with E-state index in [0.29, 0.717) is 19.4 Å². The molecule has 28 heavy (non-hydrogen) atoms. The Kier molecular flexibility index (Phi) is 8.76. The average Bonchev–Trinajstić information content (AvgIpc) is 2.57. The van der Waals surface area contributed by atoms with Gasteiger partial charge in [0.1, 0.15) is 11.6 Å². The van der Waals surface area contributed by atoms with Crippen LogP contribution in [0.2, 0.25) is 0 Å². The molecule has 3 N–H and O–H groups in total. The summed E-state index contributed by atoms with van der Waals surface area (Å²) >= 11 is 0. The van der Waals surface area contributed by atoms with Crippen molar-refractivity contribution in [1.29, 1.82) is 0 Å². The van der Waals surface area contributed by atoms with Crippen molar-refractivity contribution in [2.24, 2.45) is 0 Å². The molecule has 0 aromatic heterocycles. The number of aliphatic carboxylic acids is 1. The summed E-state index contributed by atoms with van der Waals surface area (Å²) in [5.41, 5.74) is 1.01. The van der Waals surface area contributed by atoms with Crippen LogP contribution in [-0.4, -0.2) is 53.3 Å². The minimum absolute atomic E-state index is 0.270. The second-order valence-electron chi connectivity index (χ2n) is 7.64. The minimum atomic E-state index is -1.08. The van der Waals surface area contributed by atoms with E-state index in [4.69, 9.17) is 4.74 Å². The second-order valence-corrected chi connectivity index (χ2v) is 7.64. The van der Waals surface area contributed by atoms with Crippen molar-refractivity contribution in [3.05, 3.63) is 29.8 Å². The molecule has 1 rings (SSSR count). The molecule has 8 heteroatoms. The highest BCUT2D eigenvalue weighted by Gasteiger charge is 2.29. The molecule has 0 aliphatic heterocycles. The summed E-state index contributed by atoms with van der Waals surface area (Å²) in [6, 6.07) is 6.17. The number of anilines is 1. The van der Waals surface area contributed by atoms with Crippen molar-refractivity contribution in [2.75, 3.05) is 18.9 Å². The SMILES string of the molecule is Cc1ccccc1NC(=O)NCCCC[C@@H](C(=O)O)N(C)C(=O)OC(C)(C)C. The van der Waals surface area contributed by atoms with Crippen LogP contribution in [0.15, 0.2) is 24.3 Å². The molecule has 1 aromatic carbocycles. The van der Waals surface area contributed by atoms with Gasteiger partial charge in [0.25, 0.3) is 0 Å². The van der Waals surface area contributed by atoms with Crippen LogP contribution in [0, 0.1) is 6.92 Å². The van der Waals surface area contributed by atoms with E-state index in [0.717, 1.165) is 16.2 Å². The maximum Gasteiger partial charge on any atom is 0.410 e. The number of rotatable bonds is 8. The van der Waals surface area contributed by atoms with E-state index in [1.165, 1.54) is 7.05 Å². The number of aryl methyl sites for hydroxylation is 1. The summed E-state index contributed by atoms with van der Waals surface area (Å²) in [4.78, 5) is 36.6. The molecule has 156 valence electrons. The summed E-state index contributed by atoms with van der Waals surface area (Å²) in [7, 11) is 1.42. The molecule has 0 saturated carbocycles. The number of likely N-dealkylation sites (N-methyl/N-ethyl adjacent to an activating group) is 1. The Morgan fingerprint density at radius 3 is 2.39 bits per heavy atom. The fourth-order valence-electron chi connectivity index (χ4n) is 2.49. The first-order chi connectivity index (χ1) is 13.0. The first-order valence-electron chi connectivity index (χ1n) is 9.30. The van der Waals surface area contributed by atoms with Gasteiger partial charge >= 0.3 is 18.1 Å². The number of carbonyl (C=O) groups excluding carboxylic acids is 2. The molecule has 0 spiro atoms. The van der Waals surface area contributed by atoms with Crippen LogP contribution in [0.4, 0.5) is 15.3 Å². The molecular formula is C20H31N3O5. The quantitative estimate of drug-likeness (QED) is 0.585. The smallest absolute Gasteiger partial charge is 0.410 e. The van der Waals surface area contributed by atoms with E-state index >= 15 is 0 Å². The highest BCUT2D eigenvalue weighted by molar-refractivity contribution is 5.89. The van der Waals surface area contributed by atoms with Crippen LogP contribution in [0.1, 0.15) is 45.6 Å². The number of benzene rings is 1. The number of carbonyl (C=O) groups is 3. The van der Waals surface area contributed by atoms with Crippen LogP contribution >= 0.6 is 0 Å². The summed E-state index contributed by atoms with van der Waals surface area (Å²) < 4.78 is 5.21. The Morgan fingerprint density at radius 2 is 1.82 bits per heavy atom. The largest absolute Gasteiger partial charge is 0.480 e. The third-order valence-corrected chi connectivity index (χ3v) is 4.02. The molecule has 1 aromatic rings. The average molecular weight is 393 g/mol. The molecule has 8 nitrogen and oxygen atoms in total. The van der Waals surface area contributed by atoms with Crippen LogP contribution in [-0.2, 0) is 9.53 Å². The summed E-state index contributed by atoms with van der Waals surface area (Å²) in [6.07, 6.45) is 0.726. The molecule has 0 aliphatic rings. The Bertz CT molecular complexity index is 685. The van der Waals surface area contributed by atoms with Gasteiger partial charge in [-0.05, 0) is 58.6 Å². The van der Waals surface area contributed by atoms with Gasteiger partial charge in [-0.3, -0.25) is 4.90 Å². The topological polar surface area (TPSA) is 108 Å². The van der Waals surface area contributed by atoms with E-state index in [1.807, 2.05) is 31.2 Å². The number of nitrogens with zero attached hydrogens (tertiary/aromatic N) is 1. The maximum absolute atomic E-state index is 12.1. The number of carboxylic acids is 1. The first-order valence-corrected chi connectivity index (χ1v) is 9.30. The van der Waals surface area contributed by atoms with Crippen LogP contribution in [0.25, 0.3) is 0 Å². The summed E-state index contributed by atoms with van der Waals surface area (Å²) in [5, 5.41) is 14.9.